The highest BCUT2D eigenvalue weighted by molar-refractivity contribution is 5.73. The van der Waals surface area contributed by atoms with E-state index in [1.807, 2.05) is 49.3 Å². The summed E-state index contributed by atoms with van der Waals surface area (Å²) < 4.78 is 0. The van der Waals surface area contributed by atoms with E-state index in [-0.39, 0.29) is 6.61 Å². The molecule has 2 aromatic carbocycles. The first-order valence-electron chi connectivity index (χ1n) is 9.23. The summed E-state index contributed by atoms with van der Waals surface area (Å²) in [7, 11) is 4.03. The summed E-state index contributed by atoms with van der Waals surface area (Å²) in [5.74, 6) is 0. The number of benzene rings is 2. The zero-order valence-corrected chi connectivity index (χ0v) is 16.5. The SMILES string of the molecule is CN(C)c1ccc(/C=C/C2(C#N)N(CCO)c3ccccc3C2(C)C)cc1. The van der Waals surface area contributed by atoms with E-state index in [9.17, 15) is 10.4 Å². The van der Waals surface area contributed by atoms with Crippen LogP contribution < -0.4 is 9.80 Å². The van der Waals surface area contributed by atoms with Gasteiger partial charge in [-0.1, -0.05) is 50.3 Å². The molecule has 1 unspecified atom stereocenters. The third kappa shape index (κ3) is 2.98. The van der Waals surface area contributed by atoms with Gasteiger partial charge in [-0.25, -0.2) is 0 Å². The maximum absolute atomic E-state index is 10.3. The van der Waals surface area contributed by atoms with Crippen molar-refractivity contribution in [3.05, 3.63) is 65.7 Å². The van der Waals surface area contributed by atoms with Gasteiger partial charge in [0, 0.05) is 37.4 Å². The van der Waals surface area contributed by atoms with Crippen LogP contribution in [-0.4, -0.2) is 37.9 Å². The van der Waals surface area contributed by atoms with Crippen molar-refractivity contribution < 1.29 is 5.11 Å². The summed E-state index contributed by atoms with van der Waals surface area (Å²) in [6.45, 7) is 4.62. The first kappa shape index (κ1) is 19.0. The second-order valence-electron chi connectivity index (χ2n) is 7.71. The number of aliphatic hydroxyl groups excluding tert-OH is 1. The summed E-state index contributed by atoms with van der Waals surface area (Å²) >= 11 is 0. The highest BCUT2D eigenvalue weighted by Crippen LogP contribution is 2.52. The van der Waals surface area contributed by atoms with Crippen LogP contribution in [0, 0.1) is 11.3 Å². The number of hydrogen-bond acceptors (Lipinski definition) is 4. The second-order valence-corrected chi connectivity index (χ2v) is 7.71. The quantitative estimate of drug-likeness (QED) is 0.880. The molecule has 0 bridgehead atoms. The zero-order chi connectivity index (χ0) is 19.7. The van der Waals surface area contributed by atoms with E-state index in [0.717, 1.165) is 22.5 Å². The van der Waals surface area contributed by atoms with Gasteiger partial charge in [-0.3, -0.25) is 0 Å². The van der Waals surface area contributed by atoms with Crippen LogP contribution in [0.15, 0.2) is 54.6 Å². The number of fused-ring (bicyclic) bond motifs is 1. The number of rotatable bonds is 5. The number of hydrogen-bond donors (Lipinski definition) is 1. The van der Waals surface area contributed by atoms with Crippen molar-refractivity contribution in [1.29, 1.82) is 5.26 Å². The molecule has 27 heavy (non-hydrogen) atoms. The van der Waals surface area contributed by atoms with Gasteiger partial charge in [0.25, 0.3) is 0 Å². The molecule has 1 aliphatic rings. The van der Waals surface area contributed by atoms with Crippen molar-refractivity contribution in [2.24, 2.45) is 0 Å². The Balaban J connectivity index is 2.05. The molecule has 140 valence electrons. The van der Waals surface area contributed by atoms with Crippen molar-refractivity contribution in [3.63, 3.8) is 0 Å². The minimum Gasteiger partial charge on any atom is -0.395 e. The van der Waals surface area contributed by atoms with Gasteiger partial charge in [0.15, 0.2) is 5.54 Å². The Morgan fingerprint density at radius 2 is 1.78 bits per heavy atom. The highest BCUT2D eigenvalue weighted by atomic mass is 16.3. The Labute approximate surface area is 162 Å². The number of nitrogens with zero attached hydrogens (tertiary/aromatic N) is 3. The lowest BCUT2D eigenvalue weighted by molar-refractivity contribution is 0.287. The molecule has 0 saturated carbocycles. The molecule has 0 aromatic heterocycles. The first-order chi connectivity index (χ1) is 12.9. The van der Waals surface area contributed by atoms with Crippen molar-refractivity contribution in [2.75, 3.05) is 37.0 Å². The normalized spacial score (nSPS) is 20.5. The van der Waals surface area contributed by atoms with Crippen LogP contribution in [0.5, 0.6) is 0 Å². The van der Waals surface area contributed by atoms with Gasteiger partial charge >= 0.3 is 0 Å². The Morgan fingerprint density at radius 3 is 2.37 bits per heavy atom. The summed E-state index contributed by atoms with van der Waals surface area (Å²) in [6.07, 6.45) is 4.01. The number of anilines is 2. The zero-order valence-electron chi connectivity index (χ0n) is 16.5. The molecule has 4 heteroatoms. The number of β-amino-alcohol motifs (C(OH)–C–C–N with tert-alkyl or cyclic N) is 1. The Bertz CT molecular complexity index is 877. The topological polar surface area (TPSA) is 50.5 Å². The lowest BCUT2D eigenvalue weighted by Crippen LogP contribution is -2.54. The van der Waals surface area contributed by atoms with Gasteiger partial charge in [-0.15, -0.1) is 0 Å². The number of aliphatic hydroxyl groups is 1. The molecular formula is C23H27N3O. The molecule has 0 aliphatic carbocycles. The van der Waals surface area contributed by atoms with Crippen LogP contribution in [0.4, 0.5) is 11.4 Å². The van der Waals surface area contributed by atoms with E-state index < -0.39 is 11.0 Å². The average molecular weight is 361 g/mol. The second kappa shape index (κ2) is 7.09. The van der Waals surface area contributed by atoms with E-state index in [0.29, 0.717) is 6.54 Å². The fourth-order valence-electron chi connectivity index (χ4n) is 4.00. The van der Waals surface area contributed by atoms with Crippen LogP contribution in [0.25, 0.3) is 6.08 Å². The first-order valence-corrected chi connectivity index (χ1v) is 9.23. The molecule has 3 rings (SSSR count). The Hall–Kier alpha value is -2.77. The monoisotopic (exact) mass is 361 g/mol. The van der Waals surface area contributed by atoms with Crippen molar-refractivity contribution in [3.8, 4) is 6.07 Å². The molecule has 1 N–H and O–H groups in total. The lowest BCUT2D eigenvalue weighted by atomic mass is 9.70. The Kier molecular flexibility index (Phi) is 4.99. The van der Waals surface area contributed by atoms with E-state index in [1.54, 1.807) is 0 Å². The van der Waals surface area contributed by atoms with Gasteiger partial charge in [-0.2, -0.15) is 5.26 Å². The van der Waals surface area contributed by atoms with E-state index in [4.69, 9.17) is 0 Å². The Morgan fingerprint density at radius 1 is 1.11 bits per heavy atom. The van der Waals surface area contributed by atoms with Crippen LogP contribution in [0.3, 0.4) is 0 Å². The summed E-state index contributed by atoms with van der Waals surface area (Å²) in [6, 6.07) is 18.9. The van der Waals surface area contributed by atoms with Crippen molar-refractivity contribution in [2.45, 2.75) is 24.8 Å². The molecule has 0 fully saturated rings. The minimum atomic E-state index is -0.861. The fourth-order valence-corrected chi connectivity index (χ4v) is 4.00. The van der Waals surface area contributed by atoms with Crippen LogP contribution in [0.1, 0.15) is 25.0 Å². The molecule has 4 nitrogen and oxygen atoms in total. The van der Waals surface area contributed by atoms with E-state index in [1.165, 1.54) is 0 Å². The predicted octanol–water partition coefficient (Wildman–Crippen LogP) is 3.82. The molecular weight excluding hydrogens is 334 g/mol. The molecule has 2 aromatic rings. The standard InChI is InChI=1S/C23H27N3O/c1-22(2)20-7-5-6-8-21(20)26(15-16-27)23(22,17-24)14-13-18-9-11-19(12-10-18)25(3)4/h5-14,27H,15-16H2,1-4H3/b14-13+. The van der Waals surface area contributed by atoms with Crippen LogP contribution in [0.2, 0.25) is 0 Å². The van der Waals surface area contributed by atoms with E-state index >= 15 is 0 Å². The smallest absolute Gasteiger partial charge is 0.156 e. The van der Waals surface area contributed by atoms with Crippen LogP contribution in [-0.2, 0) is 5.41 Å². The summed E-state index contributed by atoms with van der Waals surface area (Å²) in [5.41, 5.74) is 3.06. The van der Waals surface area contributed by atoms with Gasteiger partial charge in [0.2, 0.25) is 0 Å². The van der Waals surface area contributed by atoms with Gasteiger partial charge in [0.1, 0.15) is 0 Å². The van der Waals surface area contributed by atoms with Crippen molar-refractivity contribution >= 4 is 17.5 Å². The molecule has 0 saturated heterocycles. The summed E-state index contributed by atoms with van der Waals surface area (Å²) in [5, 5.41) is 19.9. The molecule has 1 heterocycles. The van der Waals surface area contributed by atoms with Gasteiger partial charge < -0.3 is 14.9 Å². The van der Waals surface area contributed by atoms with E-state index in [2.05, 4.69) is 55.1 Å². The number of para-hydroxylation sites is 1. The minimum absolute atomic E-state index is 0.000778. The lowest BCUT2D eigenvalue weighted by Gasteiger charge is -2.40. The van der Waals surface area contributed by atoms with Gasteiger partial charge in [-0.05, 0) is 35.4 Å². The van der Waals surface area contributed by atoms with Crippen LogP contribution >= 0.6 is 0 Å². The fraction of sp³-hybridized carbons (Fsp3) is 0.348. The molecule has 0 amide bonds. The third-order valence-electron chi connectivity index (χ3n) is 5.67. The maximum atomic E-state index is 10.3. The third-order valence-corrected chi connectivity index (χ3v) is 5.67. The molecule has 1 atom stereocenters. The van der Waals surface area contributed by atoms with Gasteiger partial charge in [0.05, 0.1) is 12.7 Å². The highest BCUT2D eigenvalue weighted by Gasteiger charge is 2.55. The molecule has 0 spiro atoms. The average Bonchev–Trinajstić information content (AvgIpc) is 2.85. The number of nitriles is 1. The predicted molar refractivity (Wildman–Crippen MR) is 112 cm³/mol. The summed E-state index contributed by atoms with van der Waals surface area (Å²) in [4.78, 5) is 4.09. The largest absolute Gasteiger partial charge is 0.395 e. The molecule has 0 radical (unpaired) electrons. The maximum Gasteiger partial charge on any atom is 0.156 e. The molecule has 1 aliphatic heterocycles. The van der Waals surface area contributed by atoms with Crippen molar-refractivity contribution in [1.82, 2.24) is 0 Å².